The van der Waals surface area contributed by atoms with Crippen LogP contribution >= 0.6 is 0 Å². The van der Waals surface area contributed by atoms with Crippen LogP contribution in [0, 0.1) is 5.41 Å². The summed E-state index contributed by atoms with van der Waals surface area (Å²) in [6.45, 7) is 9.40. The molecular formula is C12H24N2O3S. The maximum absolute atomic E-state index is 12.3. The van der Waals surface area contributed by atoms with E-state index in [1.165, 1.54) is 0 Å². The molecule has 1 saturated heterocycles. The molecule has 6 heteroatoms. The van der Waals surface area contributed by atoms with E-state index in [1.807, 2.05) is 20.8 Å². The average molecular weight is 276 g/mol. The van der Waals surface area contributed by atoms with Crippen molar-refractivity contribution in [3.05, 3.63) is 0 Å². The molecule has 0 aromatic heterocycles. The van der Waals surface area contributed by atoms with Crippen LogP contribution < -0.4 is 5.73 Å². The summed E-state index contributed by atoms with van der Waals surface area (Å²) in [5, 5.41) is -0.526. The van der Waals surface area contributed by atoms with Gasteiger partial charge in [-0.05, 0) is 19.3 Å². The van der Waals surface area contributed by atoms with Crippen LogP contribution in [0.5, 0.6) is 0 Å². The Hall–Kier alpha value is -0.620. The highest BCUT2D eigenvalue weighted by atomic mass is 32.2. The second kappa shape index (κ2) is 4.81. The highest BCUT2D eigenvalue weighted by molar-refractivity contribution is 7.92. The van der Waals surface area contributed by atoms with E-state index in [0.29, 0.717) is 0 Å². The quantitative estimate of drug-likeness (QED) is 0.751. The van der Waals surface area contributed by atoms with Gasteiger partial charge in [-0.3, -0.25) is 4.79 Å². The third kappa shape index (κ3) is 2.85. The number of sulfone groups is 1. The van der Waals surface area contributed by atoms with E-state index < -0.39 is 21.1 Å². The molecule has 1 heterocycles. The molecule has 0 aromatic carbocycles. The molecule has 3 atom stereocenters. The summed E-state index contributed by atoms with van der Waals surface area (Å²) in [5.74, 6) is -0.127. The first-order valence-corrected chi connectivity index (χ1v) is 7.97. The van der Waals surface area contributed by atoms with Gasteiger partial charge in [-0.15, -0.1) is 0 Å². The van der Waals surface area contributed by atoms with Gasteiger partial charge < -0.3 is 10.6 Å². The van der Waals surface area contributed by atoms with Gasteiger partial charge in [0.2, 0.25) is 5.91 Å². The van der Waals surface area contributed by atoms with Crippen LogP contribution in [-0.4, -0.2) is 48.9 Å². The fraction of sp³-hybridized carbons (Fsp3) is 0.917. The number of carbonyl (C=O) groups excluding carboxylic acids is 1. The highest BCUT2D eigenvalue weighted by Crippen LogP contribution is 2.24. The summed E-state index contributed by atoms with van der Waals surface area (Å²) in [6.07, 6.45) is 0. The van der Waals surface area contributed by atoms with Crippen LogP contribution in [0.15, 0.2) is 0 Å². The zero-order valence-corrected chi connectivity index (χ0v) is 12.6. The Morgan fingerprint density at radius 3 is 2.28 bits per heavy atom. The van der Waals surface area contributed by atoms with Gasteiger partial charge in [0.05, 0.1) is 17.0 Å². The SMILES string of the molecule is CC1C(C)S(=O)(=O)CCN1C(=O)[C@@H](N)C(C)(C)C. The number of nitrogens with two attached hydrogens (primary N) is 1. The third-order valence-corrected chi connectivity index (χ3v) is 6.11. The number of nitrogens with zero attached hydrogens (tertiary/aromatic N) is 1. The van der Waals surface area contributed by atoms with Crippen LogP contribution in [-0.2, 0) is 14.6 Å². The Morgan fingerprint density at radius 1 is 1.33 bits per heavy atom. The van der Waals surface area contributed by atoms with Crippen molar-refractivity contribution < 1.29 is 13.2 Å². The minimum Gasteiger partial charge on any atom is -0.336 e. The minimum atomic E-state index is -3.07. The van der Waals surface area contributed by atoms with Crippen LogP contribution in [0.4, 0.5) is 0 Å². The smallest absolute Gasteiger partial charge is 0.240 e. The molecule has 1 fully saturated rings. The van der Waals surface area contributed by atoms with E-state index in [4.69, 9.17) is 5.73 Å². The first kappa shape index (κ1) is 15.4. The lowest BCUT2D eigenvalue weighted by molar-refractivity contribution is -0.136. The highest BCUT2D eigenvalue weighted by Gasteiger charge is 2.41. The number of amides is 1. The molecule has 0 aromatic rings. The molecule has 0 aliphatic carbocycles. The number of hydrogen-bond acceptors (Lipinski definition) is 4. The molecule has 5 nitrogen and oxygen atoms in total. The molecule has 0 saturated carbocycles. The van der Waals surface area contributed by atoms with Crippen molar-refractivity contribution in [2.45, 2.75) is 52.0 Å². The van der Waals surface area contributed by atoms with E-state index in [2.05, 4.69) is 0 Å². The van der Waals surface area contributed by atoms with E-state index in [-0.39, 0.29) is 29.7 Å². The fourth-order valence-electron chi connectivity index (χ4n) is 2.03. The third-order valence-electron chi connectivity index (χ3n) is 3.84. The molecule has 0 bridgehead atoms. The Kier molecular flexibility index (Phi) is 4.13. The van der Waals surface area contributed by atoms with Crippen molar-refractivity contribution in [1.82, 2.24) is 4.90 Å². The summed E-state index contributed by atoms with van der Waals surface area (Å²) in [4.78, 5) is 13.9. The van der Waals surface area contributed by atoms with Crippen LogP contribution in [0.1, 0.15) is 34.6 Å². The largest absolute Gasteiger partial charge is 0.336 e. The van der Waals surface area contributed by atoms with Gasteiger partial charge in [0.15, 0.2) is 9.84 Å². The number of rotatable bonds is 1. The van der Waals surface area contributed by atoms with Crippen molar-refractivity contribution in [2.24, 2.45) is 11.1 Å². The molecule has 1 aliphatic heterocycles. The summed E-state index contributed by atoms with van der Waals surface area (Å²) in [6, 6.07) is -0.919. The Labute approximate surface area is 110 Å². The van der Waals surface area contributed by atoms with Gasteiger partial charge in [0.1, 0.15) is 0 Å². The van der Waals surface area contributed by atoms with Crippen LogP contribution in [0.2, 0.25) is 0 Å². The standard InChI is InChI=1S/C12H24N2O3S/c1-8-9(2)18(16,17)7-6-14(8)11(15)10(13)12(3,4)5/h8-10H,6-7,13H2,1-5H3/t8?,9?,10-/m1/s1. The second-order valence-corrected chi connectivity index (χ2v) is 8.67. The Bertz CT molecular complexity index is 425. The normalized spacial score (nSPS) is 30.0. The lowest BCUT2D eigenvalue weighted by Gasteiger charge is -2.40. The fourth-order valence-corrected chi connectivity index (χ4v) is 3.60. The number of hydrogen-bond donors (Lipinski definition) is 1. The average Bonchev–Trinajstić information content (AvgIpc) is 2.23. The molecule has 0 spiro atoms. The number of carbonyl (C=O) groups is 1. The van der Waals surface area contributed by atoms with Crippen molar-refractivity contribution in [2.75, 3.05) is 12.3 Å². The molecular weight excluding hydrogens is 252 g/mol. The van der Waals surface area contributed by atoms with E-state index >= 15 is 0 Å². The lowest BCUT2D eigenvalue weighted by atomic mass is 9.86. The van der Waals surface area contributed by atoms with Gasteiger partial charge in [0, 0.05) is 12.6 Å². The monoisotopic (exact) mass is 276 g/mol. The Balaban J connectivity index is 2.90. The summed E-state index contributed by atoms with van der Waals surface area (Å²) < 4.78 is 23.5. The summed E-state index contributed by atoms with van der Waals surface area (Å²) >= 11 is 0. The van der Waals surface area contributed by atoms with Gasteiger partial charge >= 0.3 is 0 Å². The Morgan fingerprint density at radius 2 is 1.83 bits per heavy atom. The van der Waals surface area contributed by atoms with Crippen molar-refractivity contribution in [3.8, 4) is 0 Å². The van der Waals surface area contributed by atoms with E-state index in [9.17, 15) is 13.2 Å². The molecule has 2 N–H and O–H groups in total. The summed E-state index contributed by atoms with van der Waals surface area (Å²) in [5.41, 5.74) is 5.64. The van der Waals surface area contributed by atoms with Gasteiger partial charge in [-0.2, -0.15) is 0 Å². The van der Waals surface area contributed by atoms with Crippen molar-refractivity contribution in [3.63, 3.8) is 0 Å². The minimum absolute atomic E-state index is 0.0289. The maximum Gasteiger partial charge on any atom is 0.240 e. The van der Waals surface area contributed by atoms with Crippen LogP contribution in [0.25, 0.3) is 0 Å². The first-order chi connectivity index (χ1) is 7.98. The second-order valence-electron chi connectivity index (χ2n) is 6.19. The van der Waals surface area contributed by atoms with Crippen LogP contribution in [0.3, 0.4) is 0 Å². The molecule has 1 rings (SSSR count). The van der Waals surface area contributed by atoms with E-state index in [0.717, 1.165) is 0 Å². The topological polar surface area (TPSA) is 80.5 Å². The van der Waals surface area contributed by atoms with Crippen molar-refractivity contribution >= 4 is 15.7 Å². The molecule has 1 aliphatic rings. The predicted octanol–water partition coefficient (Wildman–Crippen LogP) is 0.394. The van der Waals surface area contributed by atoms with Crippen molar-refractivity contribution in [1.29, 1.82) is 0 Å². The van der Waals surface area contributed by atoms with Gasteiger partial charge in [0.25, 0.3) is 0 Å². The molecule has 0 radical (unpaired) electrons. The molecule has 18 heavy (non-hydrogen) atoms. The zero-order chi connectivity index (χ0) is 14.3. The lowest BCUT2D eigenvalue weighted by Crippen LogP contribution is -2.60. The summed E-state index contributed by atoms with van der Waals surface area (Å²) in [7, 11) is -3.07. The van der Waals surface area contributed by atoms with E-state index in [1.54, 1.807) is 18.7 Å². The molecule has 2 unspecified atom stereocenters. The van der Waals surface area contributed by atoms with Gasteiger partial charge in [-0.1, -0.05) is 20.8 Å². The zero-order valence-electron chi connectivity index (χ0n) is 11.8. The maximum atomic E-state index is 12.3. The first-order valence-electron chi connectivity index (χ1n) is 6.26. The van der Waals surface area contributed by atoms with Gasteiger partial charge in [-0.25, -0.2) is 8.42 Å². The molecule has 106 valence electrons. The predicted molar refractivity (Wildman–Crippen MR) is 71.9 cm³/mol. The molecule has 1 amide bonds.